The minimum atomic E-state index is -0.801. The van der Waals surface area contributed by atoms with Crippen molar-refractivity contribution in [3.63, 3.8) is 0 Å². The molecule has 1 aromatic rings. The zero-order chi connectivity index (χ0) is 25.1. The molecule has 0 spiro atoms. The van der Waals surface area contributed by atoms with Crippen molar-refractivity contribution in [2.24, 2.45) is 5.16 Å². The molecule has 0 aromatic heterocycles. The van der Waals surface area contributed by atoms with Crippen molar-refractivity contribution in [3.05, 3.63) is 46.5 Å². The number of ether oxygens (including phenoxy) is 2. The van der Waals surface area contributed by atoms with Gasteiger partial charge in [0.15, 0.2) is 0 Å². The Balaban J connectivity index is 1.61. The van der Waals surface area contributed by atoms with Crippen molar-refractivity contribution >= 4 is 46.2 Å². The maximum atomic E-state index is 12.9. The number of oxime groups is 1. The number of cyclic esters (lactones) is 1. The summed E-state index contributed by atoms with van der Waals surface area (Å²) in [7, 11) is 0. The molecule has 3 unspecified atom stereocenters. The van der Waals surface area contributed by atoms with Gasteiger partial charge in [-0.2, -0.15) is 0 Å². The first-order valence-corrected chi connectivity index (χ1v) is 12.2. The number of carbonyl (C=O) groups is 3. The average Bonchev–Trinajstić information content (AvgIpc) is 3.45. The third-order valence-electron chi connectivity index (χ3n) is 5.51. The Morgan fingerprint density at radius 3 is 2.80 bits per heavy atom. The van der Waals surface area contributed by atoms with Gasteiger partial charge in [-0.05, 0) is 18.6 Å². The van der Waals surface area contributed by atoms with Crippen LogP contribution in [0.3, 0.4) is 0 Å². The summed E-state index contributed by atoms with van der Waals surface area (Å²) < 4.78 is 11.1. The van der Waals surface area contributed by atoms with E-state index >= 15 is 0 Å². The highest BCUT2D eigenvalue weighted by Gasteiger charge is 2.38. The number of benzene rings is 1. The van der Waals surface area contributed by atoms with E-state index in [4.69, 9.17) is 25.9 Å². The number of amides is 2. The lowest BCUT2D eigenvalue weighted by Gasteiger charge is -2.17. The summed E-state index contributed by atoms with van der Waals surface area (Å²) in [6.45, 7) is 1.71. The van der Waals surface area contributed by atoms with Gasteiger partial charge in [-0.25, -0.2) is 4.79 Å². The number of epoxide rings is 1. The smallest absolute Gasteiger partial charge is 0.342 e. The van der Waals surface area contributed by atoms with Crippen molar-refractivity contribution in [1.29, 1.82) is 0 Å². The van der Waals surface area contributed by atoms with E-state index in [1.54, 1.807) is 25.2 Å². The maximum absolute atomic E-state index is 12.9. The predicted octanol–water partition coefficient (Wildman–Crippen LogP) is 3.19. The molecule has 2 fully saturated rings. The fourth-order valence-corrected chi connectivity index (χ4v) is 4.68. The predicted molar refractivity (Wildman–Crippen MR) is 128 cm³/mol. The van der Waals surface area contributed by atoms with E-state index in [1.165, 1.54) is 0 Å². The zero-order valence-corrected chi connectivity index (χ0v) is 20.3. The number of carbonyl (C=O) groups excluding carboxylic acids is 3. The van der Waals surface area contributed by atoms with Gasteiger partial charge in [-0.15, -0.1) is 0 Å². The standard InChI is InChI=1S/C23H23ClN2O8S/c1-12-8-18-17(34-18)5-3-2-4-13(25-32-7-6-26-19(29)11-35-23(26)31)9-14-20(22(30)33-12)15(27)10-16(28)21(14)24/h2-5,10,12,17-18,27-28H,6-9,11H2,1H3/b4-2+,5-3+,25-13+. The Bertz CT molecular complexity index is 1120. The summed E-state index contributed by atoms with van der Waals surface area (Å²) in [6, 6.07) is 0.976. The Hall–Kier alpha value is -3.02. The molecule has 0 radical (unpaired) electrons. The Morgan fingerprint density at radius 2 is 2.06 bits per heavy atom. The molecule has 4 rings (SSSR count). The number of thioether (sulfide) groups is 1. The van der Waals surface area contributed by atoms with Crippen LogP contribution in [0, 0.1) is 0 Å². The number of hydrogen-bond acceptors (Lipinski definition) is 10. The SMILES string of the molecule is CC1CC2OC2/C=C/C=C/C(=N\OCCN2C(=O)CSC2=O)Cc2c(Cl)c(O)cc(O)c2C(=O)O1. The number of aromatic hydroxyl groups is 2. The van der Waals surface area contributed by atoms with Crippen molar-refractivity contribution in [3.8, 4) is 11.5 Å². The van der Waals surface area contributed by atoms with Crippen LogP contribution in [-0.4, -0.2) is 75.2 Å². The van der Waals surface area contributed by atoms with Gasteiger partial charge in [0.1, 0.15) is 35.9 Å². The molecule has 10 nitrogen and oxygen atoms in total. The van der Waals surface area contributed by atoms with E-state index < -0.39 is 23.6 Å². The number of allylic oxidation sites excluding steroid dienone is 3. The number of esters is 1. The largest absolute Gasteiger partial charge is 0.507 e. The minimum Gasteiger partial charge on any atom is -0.507 e. The summed E-state index contributed by atoms with van der Waals surface area (Å²) in [4.78, 5) is 42.8. The first-order chi connectivity index (χ1) is 16.7. The Labute approximate surface area is 210 Å². The van der Waals surface area contributed by atoms with Crippen LogP contribution in [-0.2, 0) is 25.5 Å². The quantitative estimate of drug-likeness (QED) is 0.264. The zero-order valence-electron chi connectivity index (χ0n) is 18.7. The van der Waals surface area contributed by atoms with Crippen molar-refractivity contribution in [2.45, 2.75) is 38.1 Å². The lowest BCUT2D eigenvalue weighted by Crippen LogP contribution is -2.31. The van der Waals surface area contributed by atoms with Crippen molar-refractivity contribution in [1.82, 2.24) is 4.90 Å². The Morgan fingerprint density at radius 1 is 1.26 bits per heavy atom. The van der Waals surface area contributed by atoms with Gasteiger partial charge in [0.2, 0.25) is 5.91 Å². The minimum absolute atomic E-state index is 0.0363. The fourth-order valence-electron chi connectivity index (χ4n) is 3.71. The van der Waals surface area contributed by atoms with E-state index in [0.29, 0.717) is 12.1 Å². The van der Waals surface area contributed by atoms with Gasteiger partial charge in [-0.3, -0.25) is 14.5 Å². The van der Waals surface area contributed by atoms with Crippen LogP contribution < -0.4 is 0 Å². The number of phenols is 2. The molecule has 1 aromatic carbocycles. The number of nitrogens with zero attached hydrogens (tertiary/aromatic N) is 2. The molecule has 3 aliphatic rings. The Kier molecular flexibility index (Phi) is 7.68. The van der Waals surface area contributed by atoms with Crippen LogP contribution in [0.5, 0.6) is 11.5 Å². The molecule has 0 bridgehead atoms. The van der Waals surface area contributed by atoms with Gasteiger partial charge < -0.3 is 24.5 Å². The summed E-state index contributed by atoms with van der Waals surface area (Å²) in [5, 5.41) is 24.2. The second-order valence-corrected chi connectivity index (χ2v) is 9.41. The molecule has 12 heteroatoms. The monoisotopic (exact) mass is 522 g/mol. The normalized spacial score (nSPS) is 27.6. The topological polar surface area (TPSA) is 138 Å². The number of rotatable bonds is 4. The average molecular weight is 523 g/mol. The van der Waals surface area contributed by atoms with Crippen LogP contribution in [0.4, 0.5) is 4.79 Å². The number of halogens is 1. The molecule has 3 heterocycles. The first-order valence-electron chi connectivity index (χ1n) is 10.8. The van der Waals surface area contributed by atoms with E-state index in [1.807, 2.05) is 6.08 Å². The summed E-state index contributed by atoms with van der Waals surface area (Å²) in [5.41, 5.74) is 0.213. The molecule has 0 aliphatic carbocycles. The van der Waals surface area contributed by atoms with Gasteiger partial charge in [0, 0.05) is 18.9 Å². The number of hydrogen-bond donors (Lipinski definition) is 2. The maximum Gasteiger partial charge on any atom is 0.342 e. The number of imide groups is 1. The molecule has 35 heavy (non-hydrogen) atoms. The molecular weight excluding hydrogens is 500 g/mol. The fraction of sp³-hybridized carbons (Fsp3) is 0.391. The van der Waals surface area contributed by atoms with E-state index in [2.05, 4.69) is 5.16 Å². The summed E-state index contributed by atoms with van der Waals surface area (Å²) in [5.74, 6) is -1.89. The molecular formula is C23H23ClN2O8S. The van der Waals surface area contributed by atoms with Gasteiger partial charge in [-0.1, -0.05) is 46.7 Å². The van der Waals surface area contributed by atoms with Crippen molar-refractivity contribution in [2.75, 3.05) is 18.9 Å². The first kappa shape index (κ1) is 25.1. The third kappa shape index (κ3) is 5.98. The molecule has 3 atom stereocenters. The van der Waals surface area contributed by atoms with E-state index in [9.17, 15) is 24.6 Å². The van der Waals surface area contributed by atoms with Crippen LogP contribution in [0.25, 0.3) is 0 Å². The van der Waals surface area contributed by atoms with Crippen molar-refractivity contribution < 1.29 is 38.9 Å². The molecule has 186 valence electrons. The van der Waals surface area contributed by atoms with Crippen LogP contribution in [0.2, 0.25) is 5.02 Å². The van der Waals surface area contributed by atoms with Crippen LogP contribution in [0.1, 0.15) is 29.3 Å². The highest BCUT2D eigenvalue weighted by Crippen LogP contribution is 2.38. The van der Waals surface area contributed by atoms with Gasteiger partial charge in [0.25, 0.3) is 5.24 Å². The van der Waals surface area contributed by atoms with E-state index in [0.717, 1.165) is 22.7 Å². The summed E-state index contributed by atoms with van der Waals surface area (Å²) >= 11 is 7.23. The highest BCUT2D eigenvalue weighted by atomic mass is 35.5. The molecule has 3 aliphatic heterocycles. The van der Waals surface area contributed by atoms with Gasteiger partial charge >= 0.3 is 5.97 Å². The molecule has 2 saturated heterocycles. The summed E-state index contributed by atoms with van der Waals surface area (Å²) in [6.07, 6.45) is 6.66. The highest BCUT2D eigenvalue weighted by molar-refractivity contribution is 8.14. The lowest BCUT2D eigenvalue weighted by atomic mass is 9.99. The number of phenolic OH excluding ortho intramolecular Hbond substituents is 2. The molecule has 2 amide bonds. The molecule has 0 saturated carbocycles. The van der Waals surface area contributed by atoms with Crippen LogP contribution in [0.15, 0.2) is 35.5 Å². The third-order valence-corrected chi connectivity index (χ3v) is 6.79. The second kappa shape index (κ2) is 10.7. The van der Waals surface area contributed by atoms with Gasteiger partial charge in [0.05, 0.1) is 29.1 Å². The number of fused-ring (bicyclic) bond motifs is 2. The molecule has 2 N–H and O–H groups in total. The van der Waals surface area contributed by atoms with E-state index in [-0.39, 0.29) is 64.8 Å². The van der Waals surface area contributed by atoms with Crippen LogP contribution >= 0.6 is 23.4 Å². The lowest BCUT2D eigenvalue weighted by molar-refractivity contribution is -0.125. The second-order valence-electron chi connectivity index (χ2n) is 8.11.